The Labute approximate surface area is 101 Å². The van der Waals surface area contributed by atoms with E-state index in [1.165, 1.54) is 6.08 Å². The van der Waals surface area contributed by atoms with Crippen LogP contribution < -0.4 is 5.32 Å². The Kier molecular flexibility index (Phi) is 5.36. The monoisotopic (exact) mass is 234 g/mol. The predicted octanol–water partition coefficient (Wildman–Crippen LogP) is 1.23. The summed E-state index contributed by atoms with van der Waals surface area (Å²) in [4.78, 5) is 15.6. The van der Waals surface area contributed by atoms with Crippen molar-refractivity contribution in [2.24, 2.45) is 5.92 Å². The fraction of sp³-hybridized carbons (Fsp3) is 0.385. The van der Waals surface area contributed by atoms with Crippen LogP contribution in [0.25, 0.3) is 6.08 Å². The van der Waals surface area contributed by atoms with Gasteiger partial charge in [-0.25, -0.2) is 0 Å². The maximum atomic E-state index is 11.5. The molecule has 0 saturated carbocycles. The molecule has 0 radical (unpaired) electrons. The topological polar surface area (TPSA) is 62.2 Å². The normalized spacial score (nSPS) is 14.5. The zero-order valence-electron chi connectivity index (χ0n) is 10.1. The maximum absolute atomic E-state index is 11.5. The van der Waals surface area contributed by atoms with Crippen LogP contribution in [0.3, 0.4) is 0 Å². The highest BCUT2D eigenvalue weighted by Crippen LogP contribution is 2.01. The Morgan fingerprint density at radius 1 is 1.53 bits per heavy atom. The van der Waals surface area contributed by atoms with Crippen molar-refractivity contribution in [2.45, 2.75) is 19.9 Å². The number of hydrogen-bond acceptors (Lipinski definition) is 3. The van der Waals surface area contributed by atoms with Gasteiger partial charge in [0.1, 0.15) is 0 Å². The lowest BCUT2D eigenvalue weighted by Crippen LogP contribution is -2.37. The Bertz CT molecular complexity index is 376. The van der Waals surface area contributed by atoms with Gasteiger partial charge < -0.3 is 10.4 Å². The lowest BCUT2D eigenvalue weighted by atomic mass is 10.1. The van der Waals surface area contributed by atoms with E-state index in [1.807, 2.05) is 32.0 Å². The van der Waals surface area contributed by atoms with Gasteiger partial charge in [0.15, 0.2) is 0 Å². The minimum absolute atomic E-state index is 0.0437. The number of amides is 1. The molecule has 1 aromatic heterocycles. The number of carbonyl (C=O) groups excluding carboxylic acids is 1. The van der Waals surface area contributed by atoms with E-state index < -0.39 is 0 Å². The third-order valence-corrected chi connectivity index (χ3v) is 2.60. The Morgan fingerprint density at radius 3 is 2.88 bits per heavy atom. The molecule has 2 unspecified atom stereocenters. The molecule has 1 aromatic rings. The van der Waals surface area contributed by atoms with E-state index in [1.54, 1.807) is 12.3 Å². The van der Waals surface area contributed by atoms with E-state index in [2.05, 4.69) is 10.3 Å². The van der Waals surface area contributed by atoms with Gasteiger partial charge in [-0.1, -0.05) is 13.0 Å². The van der Waals surface area contributed by atoms with Gasteiger partial charge in [0, 0.05) is 24.9 Å². The number of nitrogens with zero attached hydrogens (tertiary/aromatic N) is 1. The second-order valence-corrected chi connectivity index (χ2v) is 4.05. The van der Waals surface area contributed by atoms with Gasteiger partial charge in [-0.15, -0.1) is 0 Å². The van der Waals surface area contributed by atoms with Gasteiger partial charge in [-0.2, -0.15) is 0 Å². The first-order chi connectivity index (χ1) is 8.13. The summed E-state index contributed by atoms with van der Waals surface area (Å²) < 4.78 is 0. The number of aliphatic hydroxyl groups excluding tert-OH is 1. The third kappa shape index (κ3) is 4.78. The smallest absolute Gasteiger partial charge is 0.244 e. The molecule has 0 aliphatic heterocycles. The summed E-state index contributed by atoms with van der Waals surface area (Å²) in [5.41, 5.74) is 0.741. The molecule has 92 valence electrons. The van der Waals surface area contributed by atoms with Crippen molar-refractivity contribution in [1.29, 1.82) is 0 Å². The fourth-order valence-electron chi connectivity index (χ4n) is 1.21. The van der Waals surface area contributed by atoms with Gasteiger partial charge in [0.2, 0.25) is 5.91 Å². The van der Waals surface area contributed by atoms with E-state index >= 15 is 0 Å². The first-order valence-electron chi connectivity index (χ1n) is 5.64. The lowest BCUT2D eigenvalue weighted by molar-refractivity contribution is -0.117. The number of nitrogens with one attached hydrogen (secondary N) is 1. The summed E-state index contributed by atoms with van der Waals surface area (Å²) >= 11 is 0. The van der Waals surface area contributed by atoms with Gasteiger partial charge in [-0.3, -0.25) is 9.78 Å². The highest BCUT2D eigenvalue weighted by Gasteiger charge is 2.11. The zero-order valence-corrected chi connectivity index (χ0v) is 10.1. The molecule has 0 spiro atoms. The molecule has 0 aliphatic rings. The van der Waals surface area contributed by atoms with Crippen LogP contribution in [0.1, 0.15) is 19.5 Å². The second kappa shape index (κ2) is 6.81. The standard InChI is InChI=1S/C13H18N2O2/c1-10(9-16)11(2)15-13(17)7-6-12-5-3-4-8-14-12/h3-8,10-11,16H,9H2,1-2H3,(H,15,17)/b7-6+. The predicted molar refractivity (Wildman–Crippen MR) is 67.1 cm³/mol. The molecular weight excluding hydrogens is 216 g/mol. The molecular formula is C13H18N2O2. The molecule has 0 aromatic carbocycles. The molecule has 0 bridgehead atoms. The lowest BCUT2D eigenvalue weighted by Gasteiger charge is -2.17. The van der Waals surface area contributed by atoms with Crippen molar-refractivity contribution >= 4 is 12.0 Å². The summed E-state index contributed by atoms with van der Waals surface area (Å²) in [6.45, 7) is 3.81. The zero-order chi connectivity index (χ0) is 12.7. The first kappa shape index (κ1) is 13.4. The summed E-state index contributed by atoms with van der Waals surface area (Å²) in [7, 11) is 0. The van der Waals surface area contributed by atoms with Crippen LogP contribution in [0.2, 0.25) is 0 Å². The van der Waals surface area contributed by atoms with E-state index in [4.69, 9.17) is 5.11 Å². The van der Waals surface area contributed by atoms with Gasteiger partial charge in [0.05, 0.1) is 5.69 Å². The molecule has 4 heteroatoms. The minimum Gasteiger partial charge on any atom is -0.396 e. The van der Waals surface area contributed by atoms with Gasteiger partial charge in [-0.05, 0) is 31.1 Å². The van der Waals surface area contributed by atoms with Crippen LogP contribution in [0.15, 0.2) is 30.5 Å². The molecule has 17 heavy (non-hydrogen) atoms. The molecule has 1 rings (SSSR count). The summed E-state index contributed by atoms with van der Waals surface area (Å²) in [5.74, 6) is -0.134. The molecule has 0 saturated heterocycles. The molecule has 1 amide bonds. The quantitative estimate of drug-likeness (QED) is 0.753. The molecule has 2 atom stereocenters. The SMILES string of the molecule is CC(CO)C(C)NC(=O)/C=C/c1ccccn1. The van der Waals surface area contributed by atoms with Crippen LogP contribution in [-0.2, 0) is 4.79 Å². The highest BCUT2D eigenvalue weighted by atomic mass is 16.3. The van der Waals surface area contributed by atoms with Gasteiger partial charge >= 0.3 is 0 Å². The molecule has 0 aliphatic carbocycles. The van der Waals surface area contributed by atoms with Crippen molar-refractivity contribution in [3.05, 3.63) is 36.2 Å². The second-order valence-electron chi connectivity index (χ2n) is 4.05. The number of rotatable bonds is 5. The Balaban J connectivity index is 2.47. The van der Waals surface area contributed by atoms with Crippen LogP contribution >= 0.6 is 0 Å². The number of aliphatic hydroxyl groups is 1. The van der Waals surface area contributed by atoms with Crippen molar-refractivity contribution < 1.29 is 9.90 Å². The van der Waals surface area contributed by atoms with Crippen molar-refractivity contribution in [1.82, 2.24) is 10.3 Å². The van der Waals surface area contributed by atoms with E-state index in [9.17, 15) is 4.79 Å². The van der Waals surface area contributed by atoms with E-state index in [-0.39, 0.29) is 24.5 Å². The number of aromatic nitrogens is 1. The molecule has 1 heterocycles. The Hall–Kier alpha value is -1.68. The van der Waals surface area contributed by atoms with E-state index in [0.29, 0.717) is 0 Å². The van der Waals surface area contributed by atoms with Crippen molar-refractivity contribution in [2.75, 3.05) is 6.61 Å². The van der Waals surface area contributed by atoms with Gasteiger partial charge in [0.25, 0.3) is 0 Å². The number of pyridine rings is 1. The van der Waals surface area contributed by atoms with Crippen molar-refractivity contribution in [3.8, 4) is 0 Å². The summed E-state index contributed by atoms with van der Waals surface area (Å²) in [6, 6.07) is 5.45. The highest BCUT2D eigenvalue weighted by molar-refractivity contribution is 5.91. The molecule has 4 nitrogen and oxygen atoms in total. The first-order valence-corrected chi connectivity index (χ1v) is 5.64. The average Bonchev–Trinajstić information content (AvgIpc) is 2.36. The minimum atomic E-state index is -0.177. The van der Waals surface area contributed by atoms with E-state index in [0.717, 1.165) is 5.69 Å². The Morgan fingerprint density at radius 2 is 2.29 bits per heavy atom. The molecule has 2 N–H and O–H groups in total. The third-order valence-electron chi connectivity index (χ3n) is 2.60. The number of carbonyl (C=O) groups is 1. The molecule has 0 fully saturated rings. The largest absolute Gasteiger partial charge is 0.396 e. The van der Waals surface area contributed by atoms with Crippen LogP contribution in [-0.4, -0.2) is 28.6 Å². The van der Waals surface area contributed by atoms with Crippen LogP contribution in [0.5, 0.6) is 0 Å². The average molecular weight is 234 g/mol. The van der Waals surface area contributed by atoms with Crippen molar-refractivity contribution in [3.63, 3.8) is 0 Å². The summed E-state index contributed by atoms with van der Waals surface area (Å²) in [5, 5.41) is 11.7. The maximum Gasteiger partial charge on any atom is 0.244 e. The number of hydrogen-bond donors (Lipinski definition) is 2. The van der Waals surface area contributed by atoms with Crippen LogP contribution in [0.4, 0.5) is 0 Å². The fourth-order valence-corrected chi connectivity index (χ4v) is 1.21. The summed E-state index contributed by atoms with van der Waals surface area (Å²) in [6.07, 6.45) is 4.78. The van der Waals surface area contributed by atoms with Crippen LogP contribution in [0, 0.1) is 5.92 Å².